The molecule has 122 valence electrons. The van der Waals surface area contributed by atoms with Gasteiger partial charge in [-0.25, -0.2) is 4.98 Å². The number of benzene rings is 1. The first-order valence-electron chi connectivity index (χ1n) is 7.77. The van der Waals surface area contributed by atoms with E-state index in [1.807, 2.05) is 51.1 Å². The van der Waals surface area contributed by atoms with Crippen molar-refractivity contribution in [1.82, 2.24) is 9.97 Å². The molecule has 0 aliphatic carbocycles. The van der Waals surface area contributed by atoms with E-state index in [4.69, 9.17) is 0 Å². The zero-order chi connectivity index (χ0) is 17.1. The van der Waals surface area contributed by atoms with Crippen molar-refractivity contribution in [3.8, 4) is 10.6 Å². The molecule has 0 saturated heterocycles. The lowest BCUT2D eigenvalue weighted by atomic mass is 10.1. The maximum absolute atomic E-state index is 12.4. The first-order valence-corrected chi connectivity index (χ1v) is 8.59. The lowest BCUT2D eigenvalue weighted by molar-refractivity contribution is -0.115. The van der Waals surface area contributed by atoms with E-state index >= 15 is 0 Å². The van der Waals surface area contributed by atoms with Gasteiger partial charge in [0.25, 0.3) is 0 Å². The molecule has 5 heteroatoms. The Hall–Kier alpha value is -2.53. The molecule has 0 saturated carbocycles. The summed E-state index contributed by atoms with van der Waals surface area (Å²) in [5.41, 5.74) is 5.01. The van der Waals surface area contributed by atoms with E-state index in [0.29, 0.717) is 6.42 Å². The quantitative estimate of drug-likeness (QED) is 0.772. The number of nitrogens with one attached hydrogen (secondary N) is 1. The van der Waals surface area contributed by atoms with Crippen LogP contribution in [0.5, 0.6) is 0 Å². The van der Waals surface area contributed by atoms with Crippen LogP contribution in [-0.4, -0.2) is 15.9 Å². The summed E-state index contributed by atoms with van der Waals surface area (Å²) in [7, 11) is 0. The van der Waals surface area contributed by atoms with E-state index < -0.39 is 0 Å². The number of aromatic nitrogens is 2. The van der Waals surface area contributed by atoms with Gasteiger partial charge in [0.1, 0.15) is 5.01 Å². The largest absolute Gasteiger partial charge is 0.326 e. The zero-order valence-corrected chi connectivity index (χ0v) is 14.8. The van der Waals surface area contributed by atoms with Crippen LogP contribution in [-0.2, 0) is 11.2 Å². The number of hydrogen-bond donors (Lipinski definition) is 1. The lowest BCUT2D eigenvalue weighted by Gasteiger charge is -2.09. The molecule has 0 unspecified atom stereocenters. The molecule has 3 aromatic rings. The highest BCUT2D eigenvalue weighted by Crippen LogP contribution is 2.28. The predicted molar refractivity (Wildman–Crippen MR) is 98.3 cm³/mol. The number of carbonyl (C=O) groups is 1. The molecule has 24 heavy (non-hydrogen) atoms. The van der Waals surface area contributed by atoms with Gasteiger partial charge in [0.2, 0.25) is 5.91 Å². The van der Waals surface area contributed by atoms with E-state index in [-0.39, 0.29) is 5.91 Å². The summed E-state index contributed by atoms with van der Waals surface area (Å²) in [4.78, 5) is 22.1. The van der Waals surface area contributed by atoms with Crippen molar-refractivity contribution in [1.29, 1.82) is 0 Å². The number of aryl methyl sites for hydroxylation is 2. The molecule has 0 atom stereocenters. The fourth-order valence-corrected chi connectivity index (χ4v) is 3.48. The van der Waals surface area contributed by atoms with Gasteiger partial charge < -0.3 is 5.32 Å². The van der Waals surface area contributed by atoms with Crippen LogP contribution in [0.4, 0.5) is 5.69 Å². The minimum absolute atomic E-state index is 0.0202. The Labute approximate surface area is 145 Å². The van der Waals surface area contributed by atoms with E-state index in [0.717, 1.165) is 32.4 Å². The Kier molecular flexibility index (Phi) is 4.71. The molecule has 4 nitrogen and oxygen atoms in total. The van der Waals surface area contributed by atoms with Crippen LogP contribution >= 0.6 is 11.3 Å². The summed E-state index contributed by atoms with van der Waals surface area (Å²) < 4.78 is 0. The second-order valence-corrected chi connectivity index (χ2v) is 6.83. The molecule has 1 N–H and O–H groups in total. The molecular weight excluding hydrogens is 318 g/mol. The van der Waals surface area contributed by atoms with Gasteiger partial charge in [0, 0.05) is 28.5 Å². The summed E-state index contributed by atoms with van der Waals surface area (Å²) in [6.07, 6.45) is 3.86. The van der Waals surface area contributed by atoms with E-state index in [1.165, 1.54) is 5.56 Å². The Morgan fingerprint density at radius 2 is 2.00 bits per heavy atom. The average Bonchev–Trinajstić information content (AvgIpc) is 2.93. The van der Waals surface area contributed by atoms with E-state index in [1.54, 1.807) is 23.7 Å². The molecule has 0 spiro atoms. The third-order valence-corrected chi connectivity index (χ3v) is 5.21. The third kappa shape index (κ3) is 3.51. The Bertz CT molecular complexity index is 872. The number of pyridine rings is 1. The third-order valence-electron chi connectivity index (χ3n) is 4.00. The second kappa shape index (κ2) is 6.93. The van der Waals surface area contributed by atoms with Crippen molar-refractivity contribution >= 4 is 22.9 Å². The Balaban J connectivity index is 1.75. The normalized spacial score (nSPS) is 10.6. The fourth-order valence-electron chi connectivity index (χ4n) is 2.43. The number of nitrogens with zero attached hydrogens (tertiary/aromatic N) is 2. The molecule has 3 rings (SSSR count). The minimum atomic E-state index is -0.0202. The number of carbonyl (C=O) groups excluding carboxylic acids is 1. The van der Waals surface area contributed by atoms with Crippen molar-refractivity contribution in [3.05, 3.63) is 64.4 Å². The molecule has 0 bridgehead atoms. The van der Waals surface area contributed by atoms with Gasteiger partial charge in [-0.1, -0.05) is 12.1 Å². The lowest BCUT2D eigenvalue weighted by Crippen LogP contribution is -2.15. The highest BCUT2D eigenvalue weighted by molar-refractivity contribution is 7.15. The number of thiazole rings is 1. The molecule has 0 aliphatic heterocycles. The van der Waals surface area contributed by atoms with Gasteiger partial charge >= 0.3 is 0 Å². The molecule has 0 radical (unpaired) electrons. The maximum Gasteiger partial charge on any atom is 0.229 e. The molecule has 2 heterocycles. The summed E-state index contributed by atoms with van der Waals surface area (Å²) in [5, 5.41) is 3.90. The van der Waals surface area contributed by atoms with Crippen molar-refractivity contribution in [2.45, 2.75) is 27.2 Å². The highest BCUT2D eigenvalue weighted by Gasteiger charge is 2.14. The van der Waals surface area contributed by atoms with Crippen LogP contribution < -0.4 is 5.32 Å². The van der Waals surface area contributed by atoms with E-state index in [2.05, 4.69) is 15.3 Å². The monoisotopic (exact) mass is 337 g/mol. The molecule has 1 aromatic carbocycles. The predicted octanol–water partition coefficient (Wildman–Crippen LogP) is 4.31. The van der Waals surface area contributed by atoms with Gasteiger partial charge in [0.15, 0.2) is 0 Å². The van der Waals surface area contributed by atoms with Gasteiger partial charge in [-0.05, 0) is 50.1 Å². The van der Waals surface area contributed by atoms with Crippen LogP contribution in [0.25, 0.3) is 10.6 Å². The summed E-state index contributed by atoms with van der Waals surface area (Å²) in [6.45, 7) is 6.00. The van der Waals surface area contributed by atoms with Crippen LogP contribution in [0.2, 0.25) is 0 Å². The standard InChI is InChI=1S/C19H19N3OS/c1-12-6-4-8-16(13(12)2)22-18(23)10-17-14(3)21-19(24-17)15-7-5-9-20-11-15/h4-9,11H,10H2,1-3H3,(H,22,23). The smallest absolute Gasteiger partial charge is 0.229 e. The molecule has 0 fully saturated rings. The van der Waals surface area contributed by atoms with Gasteiger partial charge in [-0.3, -0.25) is 9.78 Å². The van der Waals surface area contributed by atoms with Gasteiger partial charge in [-0.2, -0.15) is 0 Å². The minimum Gasteiger partial charge on any atom is -0.326 e. The van der Waals surface area contributed by atoms with Crippen molar-refractivity contribution in [2.24, 2.45) is 0 Å². The average molecular weight is 337 g/mol. The molecular formula is C19H19N3OS. The van der Waals surface area contributed by atoms with Crippen molar-refractivity contribution in [3.63, 3.8) is 0 Å². The number of amides is 1. The van der Waals surface area contributed by atoms with Crippen molar-refractivity contribution < 1.29 is 4.79 Å². The Morgan fingerprint density at radius 3 is 2.75 bits per heavy atom. The number of hydrogen-bond acceptors (Lipinski definition) is 4. The zero-order valence-electron chi connectivity index (χ0n) is 14.0. The Morgan fingerprint density at radius 1 is 1.17 bits per heavy atom. The van der Waals surface area contributed by atoms with Crippen LogP contribution in [0.3, 0.4) is 0 Å². The molecule has 2 aromatic heterocycles. The van der Waals surface area contributed by atoms with E-state index in [9.17, 15) is 4.79 Å². The van der Waals surface area contributed by atoms with Gasteiger partial charge in [0.05, 0.1) is 12.1 Å². The van der Waals surface area contributed by atoms with Crippen LogP contribution in [0.1, 0.15) is 21.7 Å². The maximum atomic E-state index is 12.4. The number of rotatable bonds is 4. The van der Waals surface area contributed by atoms with Crippen molar-refractivity contribution in [2.75, 3.05) is 5.32 Å². The second-order valence-electron chi connectivity index (χ2n) is 5.74. The first-order chi connectivity index (χ1) is 11.5. The van der Waals surface area contributed by atoms with Crippen LogP contribution in [0.15, 0.2) is 42.7 Å². The fraction of sp³-hybridized carbons (Fsp3) is 0.211. The molecule has 1 amide bonds. The van der Waals surface area contributed by atoms with Gasteiger partial charge in [-0.15, -0.1) is 11.3 Å². The number of anilines is 1. The molecule has 0 aliphatic rings. The van der Waals surface area contributed by atoms with Crippen LogP contribution in [0, 0.1) is 20.8 Å². The highest BCUT2D eigenvalue weighted by atomic mass is 32.1. The topological polar surface area (TPSA) is 54.9 Å². The first kappa shape index (κ1) is 16.3. The summed E-state index contributed by atoms with van der Waals surface area (Å²) in [6, 6.07) is 9.79. The summed E-state index contributed by atoms with van der Waals surface area (Å²) in [5.74, 6) is -0.0202. The summed E-state index contributed by atoms with van der Waals surface area (Å²) >= 11 is 1.55. The SMILES string of the molecule is Cc1cccc(NC(=O)Cc2sc(-c3cccnc3)nc2C)c1C.